The number of hydrogen-bond donors (Lipinski definition) is 1. The Bertz CT molecular complexity index is 371. The zero-order chi connectivity index (χ0) is 11.4. The summed E-state index contributed by atoms with van der Waals surface area (Å²) in [5, 5.41) is 5.68. The van der Waals surface area contributed by atoms with E-state index in [0.29, 0.717) is 18.0 Å². The Morgan fingerprint density at radius 3 is 3.06 bits per heavy atom. The van der Waals surface area contributed by atoms with E-state index in [1.54, 1.807) is 12.1 Å². The van der Waals surface area contributed by atoms with Crippen molar-refractivity contribution >= 4 is 23.2 Å². The van der Waals surface area contributed by atoms with Crippen LogP contribution >= 0.6 is 11.3 Å². The molecule has 6 heteroatoms. The minimum atomic E-state index is -0.220. The topological polar surface area (TPSA) is 58.6 Å². The molecular weight excluding hydrogens is 228 g/mol. The molecule has 16 heavy (non-hydrogen) atoms. The van der Waals surface area contributed by atoms with Crippen LogP contribution in [0.1, 0.15) is 16.1 Å². The highest BCUT2D eigenvalue weighted by molar-refractivity contribution is 7.12. The van der Waals surface area contributed by atoms with Crippen molar-refractivity contribution in [3.8, 4) is 0 Å². The number of nitrogens with one attached hydrogen (secondary N) is 1. The van der Waals surface area contributed by atoms with Crippen LogP contribution in [0.3, 0.4) is 0 Å². The number of carbonyl (C=O) groups is 2. The van der Waals surface area contributed by atoms with Crippen LogP contribution in [0.25, 0.3) is 0 Å². The van der Waals surface area contributed by atoms with Crippen molar-refractivity contribution in [3.63, 3.8) is 0 Å². The summed E-state index contributed by atoms with van der Waals surface area (Å²) in [7, 11) is 0. The van der Waals surface area contributed by atoms with E-state index in [2.05, 4.69) is 5.32 Å². The molecular formula is C10H12N2O3S. The van der Waals surface area contributed by atoms with E-state index in [-0.39, 0.29) is 18.4 Å². The summed E-state index contributed by atoms with van der Waals surface area (Å²) in [6.45, 7) is 1.16. The molecule has 86 valence electrons. The predicted octanol–water partition coefficient (Wildman–Crippen LogP) is 0.642. The number of hydrogen-bond acceptors (Lipinski definition) is 4. The number of carbonyl (C=O) groups excluding carboxylic acids is 2. The highest BCUT2D eigenvalue weighted by atomic mass is 32.1. The zero-order valence-corrected chi connectivity index (χ0v) is 9.46. The number of amides is 2. The van der Waals surface area contributed by atoms with Crippen LogP contribution in [0.4, 0.5) is 0 Å². The van der Waals surface area contributed by atoms with Crippen molar-refractivity contribution < 1.29 is 14.4 Å². The molecule has 1 aliphatic heterocycles. The Balaban J connectivity index is 1.79. The van der Waals surface area contributed by atoms with Gasteiger partial charge in [0.1, 0.15) is 0 Å². The first-order valence-corrected chi connectivity index (χ1v) is 5.90. The smallest absolute Gasteiger partial charge is 0.265 e. The molecule has 1 fully saturated rings. The second kappa shape index (κ2) is 5.09. The maximum Gasteiger partial charge on any atom is 0.265 e. The van der Waals surface area contributed by atoms with Gasteiger partial charge >= 0.3 is 0 Å². The molecule has 0 spiro atoms. The van der Waals surface area contributed by atoms with E-state index >= 15 is 0 Å². The lowest BCUT2D eigenvalue weighted by molar-refractivity contribution is -0.167. The van der Waals surface area contributed by atoms with E-state index in [0.717, 1.165) is 6.42 Å². The molecule has 0 bridgehead atoms. The highest BCUT2D eigenvalue weighted by Crippen LogP contribution is 2.08. The SMILES string of the molecule is O=C(NCC(=O)N1CCCO1)c1cccs1. The Morgan fingerprint density at radius 1 is 1.56 bits per heavy atom. The van der Waals surface area contributed by atoms with E-state index in [4.69, 9.17) is 4.84 Å². The Labute approximate surface area is 97.0 Å². The van der Waals surface area contributed by atoms with Gasteiger partial charge in [-0.25, -0.2) is 5.06 Å². The number of thiophene rings is 1. The van der Waals surface area contributed by atoms with Crippen molar-refractivity contribution in [1.82, 2.24) is 10.4 Å². The quantitative estimate of drug-likeness (QED) is 0.843. The minimum absolute atomic E-state index is 0.0171. The van der Waals surface area contributed by atoms with Crippen molar-refractivity contribution in [1.29, 1.82) is 0 Å². The fraction of sp³-hybridized carbons (Fsp3) is 0.400. The summed E-state index contributed by atoms with van der Waals surface area (Å²) in [5.41, 5.74) is 0. The Kier molecular flexibility index (Phi) is 3.53. The Morgan fingerprint density at radius 2 is 2.44 bits per heavy atom. The van der Waals surface area contributed by atoms with Gasteiger partial charge in [-0.2, -0.15) is 0 Å². The lowest BCUT2D eigenvalue weighted by Gasteiger charge is -2.13. The predicted molar refractivity (Wildman–Crippen MR) is 58.9 cm³/mol. The molecule has 1 aromatic rings. The summed E-state index contributed by atoms with van der Waals surface area (Å²) in [4.78, 5) is 28.7. The van der Waals surface area contributed by atoms with Crippen LogP contribution in [0.5, 0.6) is 0 Å². The van der Waals surface area contributed by atoms with Gasteiger partial charge < -0.3 is 5.32 Å². The standard InChI is InChI=1S/C10H12N2O3S/c13-9(12-4-2-5-15-12)7-11-10(14)8-3-1-6-16-8/h1,3,6H,2,4-5,7H2,(H,11,14). The lowest BCUT2D eigenvalue weighted by Crippen LogP contribution is -2.37. The van der Waals surface area contributed by atoms with Gasteiger partial charge in [0.05, 0.1) is 24.6 Å². The average molecular weight is 240 g/mol. The van der Waals surface area contributed by atoms with Crippen LogP contribution < -0.4 is 5.32 Å². The Hall–Kier alpha value is -1.40. The first kappa shape index (κ1) is 11.1. The molecule has 5 nitrogen and oxygen atoms in total. The monoisotopic (exact) mass is 240 g/mol. The van der Waals surface area contributed by atoms with Crippen LogP contribution in [-0.2, 0) is 9.63 Å². The second-order valence-electron chi connectivity index (χ2n) is 3.34. The van der Waals surface area contributed by atoms with Gasteiger partial charge in [-0.3, -0.25) is 14.4 Å². The van der Waals surface area contributed by atoms with Crippen molar-refractivity contribution in [2.45, 2.75) is 6.42 Å². The zero-order valence-electron chi connectivity index (χ0n) is 8.64. The van der Waals surface area contributed by atoms with Crippen molar-refractivity contribution in [2.24, 2.45) is 0 Å². The van der Waals surface area contributed by atoms with E-state index in [1.165, 1.54) is 16.4 Å². The molecule has 2 rings (SSSR count). The van der Waals surface area contributed by atoms with Gasteiger partial charge in [0.25, 0.3) is 11.8 Å². The molecule has 1 aliphatic rings. The van der Waals surface area contributed by atoms with Crippen LogP contribution in [0.15, 0.2) is 17.5 Å². The van der Waals surface area contributed by atoms with Gasteiger partial charge in [0.15, 0.2) is 0 Å². The van der Waals surface area contributed by atoms with Crippen LogP contribution in [-0.4, -0.2) is 36.6 Å². The van der Waals surface area contributed by atoms with Gasteiger partial charge in [0, 0.05) is 0 Å². The molecule has 0 aliphatic carbocycles. The molecule has 1 aromatic heterocycles. The van der Waals surface area contributed by atoms with Crippen molar-refractivity contribution in [2.75, 3.05) is 19.7 Å². The molecule has 2 amide bonds. The average Bonchev–Trinajstić information content (AvgIpc) is 2.95. The number of rotatable bonds is 3. The van der Waals surface area contributed by atoms with Crippen LogP contribution in [0.2, 0.25) is 0 Å². The molecule has 0 aromatic carbocycles. The maximum atomic E-state index is 11.5. The first-order chi connectivity index (χ1) is 7.77. The molecule has 1 N–H and O–H groups in total. The molecule has 0 atom stereocenters. The summed E-state index contributed by atoms with van der Waals surface area (Å²) >= 11 is 1.35. The van der Waals surface area contributed by atoms with Gasteiger partial charge in [-0.15, -0.1) is 11.3 Å². The summed E-state index contributed by atoms with van der Waals surface area (Å²) < 4.78 is 0. The third kappa shape index (κ3) is 2.59. The maximum absolute atomic E-state index is 11.5. The number of nitrogens with zero attached hydrogens (tertiary/aromatic N) is 1. The number of hydroxylamine groups is 2. The van der Waals surface area contributed by atoms with E-state index in [9.17, 15) is 9.59 Å². The fourth-order valence-corrected chi connectivity index (χ4v) is 2.02. The molecule has 2 heterocycles. The molecule has 0 saturated carbocycles. The van der Waals surface area contributed by atoms with E-state index < -0.39 is 0 Å². The summed E-state index contributed by atoms with van der Waals surface area (Å²) in [5.74, 6) is -0.426. The highest BCUT2D eigenvalue weighted by Gasteiger charge is 2.19. The molecule has 0 unspecified atom stereocenters. The largest absolute Gasteiger partial charge is 0.342 e. The molecule has 1 saturated heterocycles. The van der Waals surface area contributed by atoms with Crippen LogP contribution in [0, 0.1) is 0 Å². The normalized spacial score (nSPS) is 15.1. The van der Waals surface area contributed by atoms with Gasteiger partial charge in [-0.05, 0) is 17.9 Å². The third-order valence-corrected chi connectivity index (χ3v) is 3.04. The van der Waals surface area contributed by atoms with Gasteiger partial charge in [0.2, 0.25) is 0 Å². The van der Waals surface area contributed by atoms with Gasteiger partial charge in [-0.1, -0.05) is 6.07 Å². The third-order valence-electron chi connectivity index (χ3n) is 2.18. The fourth-order valence-electron chi connectivity index (χ4n) is 1.38. The van der Waals surface area contributed by atoms with Crippen molar-refractivity contribution in [3.05, 3.63) is 22.4 Å². The molecule has 0 radical (unpaired) electrons. The van der Waals surface area contributed by atoms with E-state index in [1.807, 2.05) is 5.38 Å². The lowest BCUT2D eigenvalue weighted by atomic mass is 10.4. The second-order valence-corrected chi connectivity index (χ2v) is 4.29. The summed E-state index contributed by atoms with van der Waals surface area (Å²) in [6, 6.07) is 3.52. The summed E-state index contributed by atoms with van der Waals surface area (Å²) in [6.07, 6.45) is 0.852. The minimum Gasteiger partial charge on any atom is -0.342 e. The first-order valence-electron chi connectivity index (χ1n) is 5.02.